The highest BCUT2D eigenvalue weighted by atomic mass is 32.2. The van der Waals surface area contributed by atoms with Gasteiger partial charge in [0.1, 0.15) is 23.3 Å². The first kappa shape index (κ1) is 17.7. The summed E-state index contributed by atoms with van der Waals surface area (Å²) in [4.78, 5) is 2.46. The van der Waals surface area contributed by atoms with Gasteiger partial charge in [0.05, 0.1) is 23.0 Å². The maximum atomic E-state index is 12.6. The first-order chi connectivity index (χ1) is 12.2. The van der Waals surface area contributed by atoms with E-state index >= 15 is 0 Å². The molecule has 0 atom stereocenters. The van der Waals surface area contributed by atoms with Crippen molar-refractivity contribution in [2.45, 2.75) is 24.8 Å². The van der Waals surface area contributed by atoms with Gasteiger partial charge in [-0.05, 0) is 18.6 Å². The maximum Gasteiger partial charge on any atom is 0.267 e. The number of hydrogen-bond donors (Lipinski definition) is 3. The number of aromatic amines is 1. The summed E-state index contributed by atoms with van der Waals surface area (Å²) in [6.45, 7) is 0.986. The molecule has 0 fully saturated rings. The number of anilines is 2. The number of alkyl halides is 2. The first-order valence-corrected chi connectivity index (χ1v) is 8.86. The number of nitrogens with one attached hydrogen (secondary N) is 2. The van der Waals surface area contributed by atoms with Crippen LogP contribution in [0.25, 0.3) is 10.9 Å². The second-order valence-electron chi connectivity index (χ2n) is 5.57. The van der Waals surface area contributed by atoms with E-state index in [0.717, 1.165) is 16.4 Å². The van der Waals surface area contributed by atoms with E-state index in [2.05, 4.69) is 14.8 Å². The number of sulfonamides is 1. The zero-order chi connectivity index (χ0) is 19.1. The van der Waals surface area contributed by atoms with Crippen LogP contribution in [0.15, 0.2) is 29.4 Å². The fourth-order valence-electron chi connectivity index (χ4n) is 2.65. The number of nitriles is 1. The standard InChI is InChI=1S/C15H14F2N6O2S/c1-8-2-3-10(14-13(8)9(4-18)5-20-14)22-26(24,25)11-6-21-23(15(11)19)7-12(16)17/h2-3,5-6,12,20,22H,7,19H2,1H3. The van der Waals surface area contributed by atoms with E-state index in [0.29, 0.717) is 16.5 Å². The topological polar surface area (TPSA) is 130 Å². The van der Waals surface area contributed by atoms with Gasteiger partial charge in [-0.2, -0.15) is 10.4 Å². The minimum atomic E-state index is -4.17. The van der Waals surface area contributed by atoms with Gasteiger partial charge in [0.25, 0.3) is 16.4 Å². The van der Waals surface area contributed by atoms with E-state index in [1.165, 1.54) is 12.3 Å². The van der Waals surface area contributed by atoms with E-state index < -0.39 is 27.9 Å². The number of halogens is 2. The largest absolute Gasteiger partial charge is 0.383 e. The average molecular weight is 380 g/mol. The predicted molar refractivity (Wildman–Crippen MR) is 91.2 cm³/mol. The number of fused-ring (bicyclic) bond motifs is 1. The minimum Gasteiger partial charge on any atom is -0.383 e. The van der Waals surface area contributed by atoms with Crippen LogP contribution in [0.2, 0.25) is 0 Å². The Balaban J connectivity index is 2.03. The fourth-order valence-corrected chi connectivity index (χ4v) is 3.79. The molecule has 4 N–H and O–H groups in total. The van der Waals surface area contributed by atoms with Crippen LogP contribution in [0.4, 0.5) is 20.3 Å². The van der Waals surface area contributed by atoms with E-state index in [9.17, 15) is 17.2 Å². The molecular formula is C15H14F2N6O2S. The molecule has 11 heteroatoms. The fraction of sp³-hybridized carbons (Fsp3) is 0.200. The lowest BCUT2D eigenvalue weighted by molar-refractivity contribution is 0.122. The van der Waals surface area contributed by atoms with Gasteiger partial charge in [0.15, 0.2) is 0 Å². The Labute approximate surface area is 147 Å². The van der Waals surface area contributed by atoms with Crippen LogP contribution in [0, 0.1) is 18.3 Å². The van der Waals surface area contributed by atoms with Crippen molar-refractivity contribution in [1.82, 2.24) is 14.8 Å². The van der Waals surface area contributed by atoms with Crippen LogP contribution in [0.1, 0.15) is 11.1 Å². The number of aryl methyl sites for hydroxylation is 1. The highest BCUT2D eigenvalue weighted by Crippen LogP contribution is 2.30. The number of nitrogen functional groups attached to an aromatic ring is 1. The molecule has 0 amide bonds. The molecule has 26 heavy (non-hydrogen) atoms. The summed E-state index contributed by atoms with van der Waals surface area (Å²) >= 11 is 0. The van der Waals surface area contributed by atoms with Gasteiger partial charge in [0, 0.05) is 11.6 Å². The molecule has 0 radical (unpaired) electrons. The Bertz CT molecular complexity index is 1130. The minimum absolute atomic E-state index is 0.202. The van der Waals surface area contributed by atoms with Crippen LogP contribution in [-0.2, 0) is 16.6 Å². The molecule has 0 aliphatic heterocycles. The highest BCUT2D eigenvalue weighted by molar-refractivity contribution is 7.92. The first-order valence-electron chi connectivity index (χ1n) is 7.37. The van der Waals surface area contributed by atoms with Crippen molar-refractivity contribution >= 4 is 32.4 Å². The summed E-state index contributed by atoms with van der Waals surface area (Å²) in [5.74, 6) is -0.384. The summed E-state index contributed by atoms with van der Waals surface area (Å²) in [6, 6.07) is 5.23. The van der Waals surface area contributed by atoms with Crippen molar-refractivity contribution in [3.63, 3.8) is 0 Å². The highest BCUT2D eigenvalue weighted by Gasteiger charge is 2.24. The average Bonchev–Trinajstić information content (AvgIpc) is 3.15. The third-order valence-electron chi connectivity index (χ3n) is 3.85. The second-order valence-corrected chi connectivity index (χ2v) is 7.22. The molecule has 136 valence electrons. The van der Waals surface area contributed by atoms with Crippen molar-refractivity contribution in [3.8, 4) is 6.07 Å². The van der Waals surface area contributed by atoms with Crippen molar-refractivity contribution < 1.29 is 17.2 Å². The van der Waals surface area contributed by atoms with Crippen LogP contribution in [0.5, 0.6) is 0 Å². The summed E-state index contributed by atoms with van der Waals surface area (Å²) < 4.78 is 53.3. The number of hydrogen-bond acceptors (Lipinski definition) is 5. The summed E-state index contributed by atoms with van der Waals surface area (Å²) in [5, 5.41) is 13.4. The molecule has 1 aromatic carbocycles. The predicted octanol–water partition coefficient (Wildman–Crippen LogP) is 2.19. The molecule has 0 unspecified atom stereocenters. The Morgan fingerprint density at radius 2 is 2.19 bits per heavy atom. The third kappa shape index (κ3) is 2.95. The quantitative estimate of drug-likeness (QED) is 0.625. The van der Waals surface area contributed by atoms with E-state index in [1.54, 1.807) is 13.0 Å². The van der Waals surface area contributed by atoms with Gasteiger partial charge in [-0.15, -0.1) is 0 Å². The number of H-pyrrole nitrogens is 1. The molecule has 8 nitrogen and oxygen atoms in total. The lowest BCUT2D eigenvalue weighted by Gasteiger charge is -2.10. The zero-order valence-corrected chi connectivity index (χ0v) is 14.3. The molecule has 2 aromatic heterocycles. The number of nitrogens with two attached hydrogens (primary N) is 1. The van der Waals surface area contributed by atoms with Crippen molar-refractivity contribution in [2.24, 2.45) is 0 Å². The van der Waals surface area contributed by atoms with E-state index in [1.807, 2.05) is 6.07 Å². The molecule has 0 saturated heterocycles. The lowest BCUT2D eigenvalue weighted by Crippen LogP contribution is -2.16. The van der Waals surface area contributed by atoms with E-state index in [4.69, 9.17) is 11.0 Å². The van der Waals surface area contributed by atoms with E-state index in [-0.39, 0.29) is 11.5 Å². The van der Waals surface area contributed by atoms with Gasteiger partial charge in [0.2, 0.25) is 0 Å². The molecule has 2 heterocycles. The molecular weight excluding hydrogens is 366 g/mol. The number of rotatable bonds is 5. The number of aromatic nitrogens is 3. The van der Waals surface area contributed by atoms with Crippen LogP contribution in [-0.4, -0.2) is 29.6 Å². The molecule has 3 aromatic rings. The Kier molecular flexibility index (Phi) is 4.29. The molecule has 3 rings (SSSR count). The number of nitrogens with zero attached hydrogens (tertiary/aromatic N) is 3. The SMILES string of the molecule is Cc1ccc(NS(=O)(=O)c2cnn(CC(F)F)c2N)c2[nH]cc(C#N)c12. The van der Waals surface area contributed by atoms with Crippen molar-refractivity contribution in [1.29, 1.82) is 5.26 Å². The Hall–Kier alpha value is -3.13. The summed E-state index contributed by atoms with van der Waals surface area (Å²) in [5.41, 5.74) is 7.46. The monoisotopic (exact) mass is 380 g/mol. The Morgan fingerprint density at radius 3 is 2.85 bits per heavy atom. The smallest absolute Gasteiger partial charge is 0.267 e. The van der Waals surface area contributed by atoms with Crippen LogP contribution >= 0.6 is 0 Å². The van der Waals surface area contributed by atoms with Crippen molar-refractivity contribution in [3.05, 3.63) is 35.7 Å². The molecule has 0 aliphatic carbocycles. The molecule has 0 bridgehead atoms. The third-order valence-corrected chi connectivity index (χ3v) is 5.24. The van der Waals surface area contributed by atoms with Crippen molar-refractivity contribution in [2.75, 3.05) is 10.5 Å². The van der Waals surface area contributed by atoms with Crippen LogP contribution < -0.4 is 10.5 Å². The number of benzene rings is 1. The summed E-state index contributed by atoms with van der Waals surface area (Å²) in [6.07, 6.45) is -0.327. The van der Waals surface area contributed by atoms with Gasteiger partial charge >= 0.3 is 0 Å². The molecule has 0 aliphatic rings. The molecule has 0 spiro atoms. The van der Waals surface area contributed by atoms with Gasteiger partial charge in [-0.1, -0.05) is 6.07 Å². The molecule has 0 saturated carbocycles. The second kappa shape index (κ2) is 6.30. The maximum absolute atomic E-state index is 12.6. The van der Waals surface area contributed by atoms with Gasteiger partial charge in [-0.25, -0.2) is 21.9 Å². The lowest BCUT2D eigenvalue weighted by atomic mass is 10.1. The van der Waals surface area contributed by atoms with Crippen LogP contribution in [0.3, 0.4) is 0 Å². The zero-order valence-electron chi connectivity index (χ0n) is 13.5. The summed E-state index contributed by atoms with van der Waals surface area (Å²) in [7, 11) is -4.17. The normalized spacial score (nSPS) is 11.8. The van der Waals surface area contributed by atoms with Gasteiger partial charge < -0.3 is 10.7 Å². The Morgan fingerprint density at radius 1 is 1.46 bits per heavy atom. The van der Waals surface area contributed by atoms with Gasteiger partial charge in [-0.3, -0.25) is 4.72 Å².